The summed E-state index contributed by atoms with van der Waals surface area (Å²) in [5.74, 6) is -1.03. The Kier molecular flexibility index (Phi) is 2.96. The van der Waals surface area contributed by atoms with Gasteiger partial charge in [-0.3, -0.25) is 4.79 Å². The average molecular weight is 224 g/mol. The first-order chi connectivity index (χ1) is 7.59. The van der Waals surface area contributed by atoms with Crippen LogP contribution < -0.4 is 0 Å². The van der Waals surface area contributed by atoms with Crippen molar-refractivity contribution in [2.24, 2.45) is 5.92 Å². The lowest BCUT2D eigenvalue weighted by Gasteiger charge is -2.34. The molecule has 1 aliphatic rings. The van der Waals surface area contributed by atoms with Gasteiger partial charge < -0.3 is 14.8 Å². The summed E-state index contributed by atoms with van der Waals surface area (Å²) in [5.41, 5.74) is -0.771. The monoisotopic (exact) mass is 224 g/mol. The van der Waals surface area contributed by atoms with E-state index >= 15 is 0 Å². The first-order valence-electron chi connectivity index (χ1n) is 5.50. The number of nitrogens with zero attached hydrogens (tertiary/aromatic N) is 2. The van der Waals surface area contributed by atoms with Crippen LogP contribution in [-0.4, -0.2) is 31.3 Å². The smallest absolute Gasteiger partial charge is 0.306 e. The lowest BCUT2D eigenvalue weighted by molar-refractivity contribution is -0.145. The number of imidazole rings is 1. The highest BCUT2D eigenvalue weighted by Crippen LogP contribution is 2.33. The number of carbonyl (C=O) groups is 1. The molecule has 0 amide bonds. The predicted octanol–water partition coefficient (Wildman–Crippen LogP) is 0.889. The minimum Gasteiger partial charge on any atom is -0.481 e. The molecule has 88 valence electrons. The maximum Gasteiger partial charge on any atom is 0.306 e. The molecule has 5 nitrogen and oxygen atoms in total. The fourth-order valence-corrected chi connectivity index (χ4v) is 2.28. The van der Waals surface area contributed by atoms with Crippen LogP contribution in [0.15, 0.2) is 18.7 Å². The van der Waals surface area contributed by atoms with Crippen LogP contribution in [-0.2, 0) is 11.3 Å². The first-order valence-corrected chi connectivity index (χ1v) is 5.50. The third kappa shape index (κ3) is 2.41. The lowest BCUT2D eigenvalue weighted by atomic mass is 9.79. The summed E-state index contributed by atoms with van der Waals surface area (Å²) < 4.78 is 1.83. The van der Waals surface area contributed by atoms with Crippen LogP contribution in [0, 0.1) is 5.92 Å². The normalized spacial score (nSPS) is 30.2. The minimum absolute atomic E-state index is 0.289. The molecule has 1 aromatic heterocycles. The van der Waals surface area contributed by atoms with Crippen LogP contribution in [0.1, 0.15) is 25.7 Å². The van der Waals surface area contributed by atoms with Gasteiger partial charge in [-0.25, -0.2) is 4.98 Å². The van der Waals surface area contributed by atoms with Crippen molar-refractivity contribution in [3.05, 3.63) is 18.7 Å². The molecule has 1 aliphatic carbocycles. The molecule has 0 aliphatic heterocycles. The van der Waals surface area contributed by atoms with Gasteiger partial charge in [-0.15, -0.1) is 0 Å². The van der Waals surface area contributed by atoms with Crippen molar-refractivity contribution in [1.29, 1.82) is 0 Å². The lowest BCUT2D eigenvalue weighted by Crippen LogP contribution is -2.39. The van der Waals surface area contributed by atoms with Crippen molar-refractivity contribution in [1.82, 2.24) is 9.55 Å². The Balaban J connectivity index is 1.93. The summed E-state index contributed by atoms with van der Waals surface area (Å²) in [7, 11) is 0. The van der Waals surface area contributed by atoms with Gasteiger partial charge >= 0.3 is 5.97 Å². The molecule has 0 radical (unpaired) electrons. The highest BCUT2D eigenvalue weighted by atomic mass is 16.4. The van der Waals surface area contributed by atoms with E-state index in [1.807, 2.05) is 4.57 Å². The molecule has 1 aromatic rings. The van der Waals surface area contributed by atoms with Gasteiger partial charge in [-0.2, -0.15) is 0 Å². The van der Waals surface area contributed by atoms with Gasteiger partial charge in [-0.05, 0) is 25.7 Å². The fraction of sp³-hybridized carbons (Fsp3) is 0.636. The van der Waals surface area contributed by atoms with Gasteiger partial charge in [0.1, 0.15) is 0 Å². The van der Waals surface area contributed by atoms with Crippen molar-refractivity contribution in [3.63, 3.8) is 0 Å². The molecule has 1 heterocycles. The molecule has 0 saturated heterocycles. The average Bonchev–Trinajstić information content (AvgIpc) is 2.70. The Morgan fingerprint density at radius 3 is 2.69 bits per heavy atom. The summed E-state index contributed by atoms with van der Waals surface area (Å²) in [6.45, 7) is 0.499. The van der Waals surface area contributed by atoms with Crippen molar-refractivity contribution in [2.45, 2.75) is 37.8 Å². The van der Waals surface area contributed by atoms with E-state index in [1.54, 1.807) is 18.7 Å². The van der Waals surface area contributed by atoms with E-state index in [4.69, 9.17) is 5.11 Å². The zero-order chi connectivity index (χ0) is 11.6. The number of hydrogen-bond acceptors (Lipinski definition) is 3. The highest BCUT2D eigenvalue weighted by Gasteiger charge is 2.35. The summed E-state index contributed by atoms with van der Waals surface area (Å²) in [5, 5.41) is 19.2. The maximum absolute atomic E-state index is 10.8. The second kappa shape index (κ2) is 4.25. The van der Waals surface area contributed by atoms with Crippen LogP contribution in [0.25, 0.3) is 0 Å². The van der Waals surface area contributed by atoms with Crippen LogP contribution in [0.4, 0.5) is 0 Å². The molecular formula is C11H16N2O3. The van der Waals surface area contributed by atoms with Gasteiger partial charge in [0.15, 0.2) is 0 Å². The molecule has 5 heteroatoms. The van der Waals surface area contributed by atoms with Gasteiger partial charge in [0.05, 0.1) is 24.4 Å². The van der Waals surface area contributed by atoms with Crippen LogP contribution in [0.2, 0.25) is 0 Å². The van der Waals surface area contributed by atoms with E-state index in [9.17, 15) is 9.90 Å². The van der Waals surface area contributed by atoms with Crippen molar-refractivity contribution >= 4 is 5.97 Å². The molecule has 0 atom stereocenters. The molecule has 2 N–H and O–H groups in total. The Labute approximate surface area is 93.7 Å². The number of carboxylic acid groups (broad SMARTS) is 1. The standard InChI is InChI=1S/C11H16N2O3/c14-10(15)9-1-3-11(16,4-2-9)7-13-6-5-12-8-13/h5-6,8-9,16H,1-4,7H2,(H,14,15). The van der Waals surface area contributed by atoms with Gasteiger partial charge in [0.25, 0.3) is 0 Å². The van der Waals surface area contributed by atoms with E-state index in [-0.39, 0.29) is 5.92 Å². The Morgan fingerprint density at radius 2 is 2.19 bits per heavy atom. The van der Waals surface area contributed by atoms with Crippen LogP contribution >= 0.6 is 0 Å². The maximum atomic E-state index is 10.8. The topological polar surface area (TPSA) is 75.3 Å². The molecule has 0 unspecified atom stereocenters. The zero-order valence-electron chi connectivity index (χ0n) is 9.04. The predicted molar refractivity (Wildman–Crippen MR) is 56.8 cm³/mol. The van der Waals surface area contributed by atoms with Gasteiger partial charge in [-0.1, -0.05) is 0 Å². The summed E-state index contributed by atoms with van der Waals surface area (Å²) in [6, 6.07) is 0. The number of aromatic nitrogens is 2. The van der Waals surface area contributed by atoms with E-state index < -0.39 is 11.6 Å². The summed E-state index contributed by atoms with van der Waals surface area (Å²) >= 11 is 0. The molecular weight excluding hydrogens is 208 g/mol. The molecule has 16 heavy (non-hydrogen) atoms. The van der Waals surface area contributed by atoms with Crippen molar-refractivity contribution in [3.8, 4) is 0 Å². The number of rotatable bonds is 3. The molecule has 1 saturated carbocycles. The van der Waals surface area contributed by atoms with Crippen molar-refractivity contribution < 1.29 is 15.0 Å². The summed E-state index contributed by atoms with van der Waals surface area (Å²) in [6.07, 6.45) is 7.35. The van der Waals surface area contributed by atoms with E-state index in [0.717, 1.165) is 0 Å². The molecule has 0 bridgehead atoms. The number of carboxylic acids is 1. The molecule has 2 rings (SSSR count). The molecule has 0 aromatic carbocycles. The second-order valence-electron chi connectivity index (χ2n) is 4.57. The number of aliphatic carboxylic acids is 1. The highest BCUT2D eigenvalue weighted by molar-refractivity contribution is 5.70. The van der Waals surface area contributed by atoms with E-state index in [2.05, 4.69) is 4.98 Å². The number of aliphatic hydroxyl groups is 1. The second-order valence-corrected chi connectivity index (χ2v) is 4.57. The van der Waals surface area contributed by atoms with Gasteiger partial charge in [0, 0.05) is 12.4 Å². The largest absolute Gasteiger partial charge is 0.481 e. The summed E-state index contributed by atoms with van der Waals surface area (Å²) in [4.78, 5) is 14.7. The van der Waals surface area contributed by atoms with Crippen LogP contribution in [0.5, 0.6) is 0 Å². The Hall–Kier alpha value is -1.36. The van der Waals surface area contributed by atoms with E-state index in [0.29, 0.717) is 32.2 Å². The number of hydrogen-bond donors (Lipinski definition) is 2. The first kappa shape index (κ1) is 11.1. The van der Waals surface area contributed by atoms with Crippen LogP contribution in [0.3, 0.4) is 0 Å². The van der Waals surface area contributed by atoms with Crippen molar-refractivity contribution in [2.75, 3.05) is 0 Å². The quantitative estimate of drug-likeness (QED) is 0.799. The Morgan fingerprint density at radius 1 is 1.50 bits per heavy atom. The van der Waals surface area contributed by atoms with Gasteiger partial charge in [0.2, 0.25) is 0 Å². The third-order valence-electron chi connectivity index (χ3n) is 3.30. The SMILES string of the molecule is O=C(O)C1CCC(O)(Cn2ccnc2)CC1. The zero-order valence-corrected chi connectivity index (χ0v) is 9.04. The molecule has 1 fully saturated rings. The Bertz CT molecular complexity index is 353. The third-order valence-corrected chi connectivity index (χ3v) is 3.30. The fourth-order valence-electron chi connectivity index (χ4n) is 2.28. The van der Waals surface area contributed by atoms with E-state index in [1.165, 1.54) is 0 Å². The molecule has 0 spiro atoms. The minimum atomic E-state index is -0.771.